The number of aryl methyl sites for hydroxylation is 1. The van der Waals surface area contributed by atoms with E-state index in [1.165, 1.54) is 6.20 Å². The molecule has 1 aromatic rings. The first-order valence-electron chi connectivity index (χ1n) is 5.05. The number of aliphatic hydroxyl groups is 2. The smallest absolute Gasteiger partial charge is 0.213 e. The highest BCUT2D eigenvalue weighted by molar-refractivity contribution is 5.25. The van der Waals surface area contributed by atoms with E-state index in [-0.39, 0.29) is 18.5 Å². The van der Waals surface area contributed by atoms with Gasteiger partial charge in [0.15, 0.2) is 0 Å². The van der Waals surface area contributed by atoms with Crippen molar-refractivity contribution in [2.45, 2.75) is 25.6 Å². The lowest BCUT2D eigenvalue weighted by Crippen LogP contribution is -2.20. The Morgan fingerprint density at radius 1 is 1.59 bits per heavy atom. The van der Waals surface area contributed by atoms with Gasteiger partial charge in [0.05, 0.1) is 6.10 Å². The zero-order chi connectivity index (χ0) is 12.8. The molecular formula is C10H13FN4O2. The fraction of sp³-hybridized carbons (Fsp3) is 0.500. The Labute approximate surface area is 97.4 Å². The number of rotatable bonds is 5. The second-order valence-corrected chi connectivity index (χ2v) is 3.62. The zero-order valence-corrected chi connectivity index (χ0v) is 9.28. The first kappa shape index (κ1) is 13.4. The van der Waals surface area contributed by atoms with Crippen LogP contribution in [0.4, 0.5) is 4.39 Å². The largest absolute Gasteiger partial charge is 0.390 e. The number of hydrogen-bond donors (Lipinski definition) is 2. The minimum absolute atomic E-state index is 0.0708. The molecule has 1 rings (SSSR count). The molecule has 0 aliphatic rings. The number of hydrogen-bond acceptors (Lipinski definition) is 4. The molecule has 0 saturated heterocycles. The van der Waals surface area contributed by atoms with Gasteiger partial charge in [0.2, 0.25) is 5.95 Å². The SMILES string of the molecule is Cc1cnc(F)cc1C(O)C(O)CCN=[N+]=[N-]. The summed E-state index contributed by atoms with van der Waals surface area (Å²) in [6.07, 6.45) is -0.940. The highest BCUT2D eigenvalue weighted by atomic mass is 19.1. The Morgan fingerprint density at radius 3 is 2.94 bits per heavy atom. The maximum absolute atomic E-state index is 12.9. The number of aliphatic hydroxyl groups excluding tert-OH is 2. The van der Waals surface area contributed by atoms with Crippen molar-refractivity contribution in [3.8, 4) is 0 Å². The van der Waals surface area contributed by atoms with Crippen LogP contribution in [0, 0.1) is 12.9 Å². The highest BCUT2D eigenvalue weighted by Crippen LogP contribution is 2.22. The van der Waals surface area contributed by atoms with E-state index in [0.29, 0.717) is 5.56 Å². The lowest BCUT2D eigenvalue weighted by atomic mass is 9.99. The average Bonchev–Trinajstić information content (AvgIpc) is 2.31. The first-order valence-corrected chi connectivity index (χ1v) is 5.05. The molecule has 0 amide bonds. The molecule has 0 bridgehead atoms. The molecule has 0 saturated carbocycles. The van der Waals surface area contributed by atoms with Gasteiger partial charge in [-0.25, -0.2) is 4.98 Å². The number of halogens is 1. The van der Waals surface area contributed by atoms with Gasteiger partial charge in [-0.05, 0) is 36.1 Å². The number of azide groups is 1. The Kier molecular flexibility index (Phi) is 4.84. The average molecular weight is 240 g/mol. The molecule has 2 atom stereocenters. The fourth-order valence-electron chi connectivity index (χ4n) is 1.43. The van der Waals surface area contributed by atoms with Crippen molar-refractivity contribution in [1.82, 2.24) is 4.98 Å². The molecule has 2 N–H and O–H groups in total. The Balaban J connectivity index is 2.76. The Morgan fingerprint density at radius 2 is 2.29 bits per heavy atom. The van der Waals surface area contributed by atoms with E-state index in [9.17, 15) is 14.6 Å². The van der Waals surface area contributed by atoms with Gasteiger partial charge in [-0.15, -0.1) is 0 Å². The molecule has 1 aromatic heterocycles. The summed E-state index contributed by atoms with van der Waals surface area (Å²) in [6, 6.07) is 1.08. The summed E-state index contributed by atoms with van der Waals surface area (Å²) >= 11 is 0. The van der Waals surface area contributed by atoms with E-state index in [4.69, 9.17) is 5.53 Å². The molecule has 0 fully saturated rings. The van der Waals surface area contributed by atoms with Crippen LogP contribution in [0.3, 0.4) is 0 Å². The summed E-state index contributed by atoms with van der Waals surface area (Å²) in [7, 11) is 0. The van der Waals surface area contributed by atoms with Gasteiger partial charge >= 0.3 is 0 Å². The van der Waals surface area contributed by atoms with Crippen LogP contribution in [0.5, 0.6) is 0 Å². The van der Waals surface area contributed by atoms with E-state index < -0.39 is 18.2 Å². The van der Waals surface area contributed by atoms with Crippen molar-refractivity contribution >= 4 is 0 Å². The van der Waals surface area contributed by atoms with Crippen LogP contribution in [0.25, 0.3) is 10.4 Å². The van der Waals surface area contributed by atoms with Gasteiger partial charge in [-0.3, -0.25) is 0 Å². The van der Waals surface area contributed by atoms with Crippen LogP contribution in [-0.2, 0) is 0 Å². The summed E-state index contributed by atoms with van der Waals surface area (Å²) in [5.74, 6) is -0.716. The van der Waals surface area contributed by atoms with Gasteiger partial charge in [0.25, 0.3) is 0 Å². The maximum atomic E-state index is 12.9. The van der Waals surface area contributed by atoms with Crippen LogP contribution in [-0.4, -0.2) is 27.8 Å². The standard InChI is InChI=1S/C10H13FN4O2/c1-6-5-13-9(11)4-7(6)10(17)8(16)2-3-14-15-12/h4-5,8,10,16-17H,2-3H2,1H3. The van der Waals surface area contributed by atoms with Gasteiger partial charge in [-0.2, -0.15) is 4.39 Å². The molecule has 1 heterocycles. The summed E-state index contributed by atoms with van der Waals surface area (Å²) in [5.41, 5.74) is 8.94. The Hall–Kier alpha value is -1.69. The summed E-state index contributed by atoms with van der Waals surface area (Å²) < 4.78 is 12.9. The van der Waals surface area contributed by atoms with Gasteiger partial charge in [0, 0.05) is 17.7 Å². The van der Waals surface area contributed by atoms with Gasteiger partial charge in [-0.1, -0.05) is 5.11 Å². The third-order valence-electron chi connectivity index (χ3n) is 2.38. The molecule has 0 aliphatic carbocycles. The van der Waals surface area contributed by atoms with Crippen molar-refractivity contribution in [2.24, 2.45) is 5.11 Å². The first-order chi connectivity index (χ1) is 8.06. The van der Waals surface area contributed by atoms with Crippen molar-refractivity contribution in [3.05, 3.63) is 39.8 Å². The molecule has 92 valence electrons. The summed E-state index contributed by atoms with van der Waals surface area (Å²) in [4.78, 5) is 5.96. The molecule has 0 aliphatic heterocycles. The second kappa shape index (κ2) is 6.15. The van der Waals surface area contributed by atoms with Crippen LogP contribution < -0.4 is 0 Å². The van der Waals surface area contributed by atoms with Crippen LogP contribution in [0.1, 0.15) is 23.7 Å². The van der Waals surface area contributed by atoms with Crippen LogP contribution in [0.15, 0.2) is 17.4 Å². The minimum Gasteiger partial charge on any atom is -0.390 e. The fourth-order valence-corrected chi connectivity index (χ4v) is 1.43. The zero-order valence-electron chi connectivity index (χ0n) is 9.28. The van der Waals surface area contributed by atoms with Crippen molar-refractivity contribution in [3.63, 3.8) is 0 Å². The van der Waals surface area contributed by atoms with E-state index in [0.717, 1.165) is 6.07 Å². The molecule has 0 radical (unpaired) electrons. The summed E-state index contributed by atoms with van der Waals surface area (Å²) in [6.45, 7) is 1.73. The molecule has 17 heavy (non-hydrogen) atoms. The van der Waals surface area contributed by atoms with Crippen molar-refractivity contribution in [1.29, 1.82) is 0 Å². The third kappa shape index (κ3) is 3.67. The van der Waals surface area contributed by atoms with Crippen molar-refractivity contribution in [2.75, 3.05) is 6.54 Å². The lowest BCUT2D eigenvalue weighted by Gasteiger charge is -2.18. The van der Waals surface area contributed by atoms with Crippen LogP contribution >= 0.6 is 0 Å². The number of nitrogens with zero attached hydrogens (tertiary/aromatic N) is 4. The monoisotopic (exact) mass is 240 g/mol. The van der Waals surface area contributed by atoms with E-state index in [1.807, 2.05) is 0 Å². The third-order valence-corrected chi connectivity index (χ3v) is 2.38. The quantitative estimate of drug-likeness (QED) is 0.354. The highest BCUT2D eigenvalue weighted by Gasteiger charge is 2.20. The molecule has 0 aromatic carbocycles. The predicted octanol–water partition coefficient (Wildman–Crippen LogP) is 1.62. The maximum Gasteiger partial charge on any atom is 0.213 e. The second-order valence-electron chi connectivity index (χ2n) is 3.62. The Bertz CT molecular complexity index is 434. The minimum atomic E-state index is -1.22. The molecule has 2 unspecified atom stereocenters. The van der Waals surface area contributed by atoms with E-state index in [2.05, 4.69) is 15.0 Å². The van der Waals surface area contributed by atoms with Gasteiger partial charge < -0.3 is 10.2 Å². The summed E-state index contributed by atoms with van der Waals surface area (Å²) in [5, 5.41) is 22.7. The molecule has 6 nitrogen and oxygen atoms in total. The molecule has 0 spiro atoms. The lowest BCUT2D eigenvalue weighted by molar-refractivity contribution is 0.0144. The topological polar surface area (TPSA) is 102 Å². The van der Waals surface area contributed by atoms with E-state index >= 15 is 0 Å². The van der Waals surface area contributed by atoms with E-state index in [1.54, 1.807) is 6.92 Å². The van der Waals surface area contributed by atoms with Crippen LogP contribution in [0.2, 0.25) is 0 Å². The molecule has 7 heteroatoms. The predicted molar refractivity (Wildman–Crippen MR) is 58.5 cm³/mol. The normalized spacial score (nSPS) is 13.9. The number of aromatic nitrogens is 1. The van der Waals surface area contributed by atoms with Gasteiger partial charge in [0.1, 0.15) is 6.10 Å². The molecular weight excluding hydrogens is 227 g/mol. The van der Waals surface area contributed by atoms with Crippen molar-refractivity contribution < 1.29 is 14.6 Å². The number of pyridine rings is 1.